The van der Waals surface area contributed by atoms with Crippen LogP contribution in [-0.4, -0.2) is 24.8 Å². The highest BCUT2D eigenvalue weighted by Gasteiger charge is 2.12. The molecule has 0 aliphatic carbocycles. The van der Waals surface area contributed by atoms with Gasteiger partial charge in [0.1, 0.15) is 0 Å². The Morgan fingerprint density at radius 2 is 2.06 bits per heavy atom. The van der Waals surface area contributed by atoms with Gasteiger partial charge in [-0.05, 0) is 31.5 Å². The monoisotopic (exact) mass is 232 g/mol. The molecular weight excluding hydrogens is 212 g/mol. The van der Waals surface area contributed by atoms with Crippen LogP contribution in [0.3, 0.4) is 0 Å². The van der Waals surface area contributed by atoms with E-state index in [4.69, 9.17) is 10.5 Å². The van der Waals surface area contributed by atoms with Crippen LogP contribution >= 0.6 is 0 Å². The van der Waals surface area contributed by atoms with Gasteiger partial charge in [-0.2, -0.15) is 0 Å². The van der Waals surface area contributed by atoms with E-state index in [0.717, 1.165) is 19.6 Å². The first-order valence-corrected chi connectivity index (χ1v) is 6.05. The van der Waals surface area contributed by atoms with Crippen molar-refractivity contribution in [3.05, 3.63) is 35.5 Å². The zero-order chi connectivity index (χ0) is 12.3. The molecule has 0 fully saturated rings. The lowest BCUT2D eigenvalue weighted by Gasteiger charge is -2.07. The van der Waals surface area contributed by atoms with Crippen molar-refractivity contribution in [3.63, 3.8) is 0 Å². The van der Waals surface area contributed by atoms with E-state index < -0.39 is 0 Å². The van der Waals surface area contributed by atoms with Gasteiger partial charge < -0.3 is 15.0 Å². The fourth-order valence-electron chi connectivity index (χ4n) is 2.43. The van der Waals surface area contributed by atoms with Crippen molar-refractivity contribution in [2.75, 3.05) is 20.3 Å². The second-order valence-electron chi connectivity index (χ2n) is 4.26. The molecule has 0 radical (unpaired) electrons. The number of para-hydroxylation sites is 1. The lowest BCUT2D eigenvalue weighted by atomic mass is 10.1. The third kappa shape index (κ3) is 2.21. The standard InChI is InChI=1S/C14H20N2O/c1-11-12(7-8-15)13-5-3-4-6-14(13)16(11)9-10-17-2/h3-6H,7-10,15H2,1-2H3. The van der Waals surface area contributed by atoms with Crippen molar-refractivity contribution in [1.82, 2.24) is 4.57 Å². The Balaban J connectivity index is 2.53. The van der Waals surface area contributed by atoms with Crippen LogP contribution in [0.5, 0.6) is 0 Å². The van der Waals surface area contributed by atoms with Crippen LogP contribution in [-0.2, 0) is 17.7 Å². The first-order valence-electron chi connectivity index (χ1n) is 6.05. The van der Waals surface area contributed by atoms with Crippen molar-refractivity contribution < 1.29 is 4.74 Å². The maximum absolute atomic E-state index is 5.70. The minimum absolute atomic E-state index is 0.694. The maximum Gasteiger partial charge on any atom is 0.0642 e. The number of fused-ring (bicyclic) bond motifs is 1. The molecule has 3 heteroatoms. The predicted molar refractivity (Wildman–Crippen MR) is 71.3 cm³/mol. The lowest BCUT2D eigenvalue weighted by molar-refractivity contribution is 0.188. The largest absolute Gasteiger partial charge is 0.383 e. The molecule has 0 bridgehead atoms. The molecule has 2 rings (SSSR count). The number of ether oxygens (including phenoxy) is 1. The second-order valence-corrected chi connectivity index (χ2v) is 4.26. The van der Waals surface area contributed by atoms with Gasteiger partial charge >= 0.3 is 0 Å². The van der Waals surface area contributed by atoms with E-state index >= 15 is 0 Å². The minimum atomic E-state index is 0.694. The summed E-state index contributed by atoms with van der Waals surface area (Å²) in [7, 11) is 1.74. The average Bonchev–Trinajstić information content (AvgIpc) is 2.61. The van der Waals surface area contributed by atoms with E-state index in [0.29, 0.717) is 6.54 Å². The van der Waals surface area contributed by atoms with Gasteiger partial charge in [0.2, 0.25) is 0 Å². The molecule has 0 unspecified atom stereocenters. The second kappa shape index (κ2) is 5.34. The minimum Gasteiger partial charge on any atom is -0.383 e. The van der Waals surface area contributed by atoms with E-state index in [-0.39, 0.29) is 0 Å². The molecule has 1 heterocycles. The highest BCUT2D eigenvalue weighted by molar-refractivity contribution is 5.85. The molecule has 2 N–H and O–H groups in total. The van der Waals surface area contributed by atoms with Crippen LogP contribution in [0.4, 0.5) is 0 Å². The molecule has 0 spiro atoms. The summed E-state index contributed by atoms with van der Waals surface area (Å²) in [5, 5.41) is 1.33. The van der Waals surface area contributed by atoms with Crippen LogP contribution in [0.15, 0.2) is 24.3 Å². The Labute approximate surface area is 102 Å². The summed E-state index contributed by atoms with van der Waals surface area (Å²) < 4.78 is 7.50. The fourth-order valence-corrected chi connectivity index (χ4v) is 2.43. The Morgan fingerprint density at radius 3 is 2.76 bits per heavy atom. The van der Waals surface area contributed by atoms with Gasteiger partial charge in [-0.3, -0.25) is 0 Å². The Bertz CT molecular complexity index is 502. The summed E-state index contributed by atoms with van der Waals surface area (Å²) in [5.41, 5.74) is 9.67. The van der Waals surface area contributed by atoms with Gasteiger partial charge in [-0.15, -0.1) is 0 Å². The number of hydrogen-bond donors (Lipinski definition) is 1. The molecule has 0 saturated carbocycles. The SMILES string of the molecule is COCCn1c(C)c(CCN)c2ccccc21. The highest BCUT2D eigenvalue weighted by Crippen LogP contribution is 2.25. The number of nitrogens with two attached hydrogens (primary N) is 1. The fraction of sp³-hybridized carbons (Fsp3) is 0.429. The van der Waals surface area contributed by atoms with E-state index in [2.05, 4.69) is 35.8 Å². The maximum atomic E-state index is 5.70. The molecule has 92 valence electrons. The smallest absolute Gasteiger partial charge is 0.0642 e. The Hall–Kier alpha value is -1.32. The molecule has 0 aliphatic heterocycles. The van der Waals surface area contributed by atoms with Gasteiger partial charge in [0.25, 0.3) is 0 Å². The van der Waals surface area contributed by atoms with E-state index in [1.165, 1.54) is 22.2 Å². The van der Waals surface area contributed by atoms with Crippen LogP contribution in [0.25, 0.3) is 10.9 Å². The van der Waals surface area contributed by atoms with Gasteiger partial charge in [0.15, 0.2) is 0 Å². The number of rotatable bonds is 5. The van der Waals surface area contributed by atoms with Crippen LogP contribution in [0, 0.1) is 6.92 Å². The quantitative estimate of drug-likeness (QED) is 0.857. The van der Waals surface area contributed by atoms with Crippen LogP contribution in [0.1, 0.15) is 11.3 Å². The van der Waals surface area contributed by atoms with Crippen LogP contribution in [0.2, 0.25) is 0 Å². The van der Waals surface area contributed by atoms with Crippen molar-refractivity contribution in [3.8, 4) is 0 Å². The first kappa shape index (κ1) is 12.1. The normalized spacial score (nSPS) is 11.2. The van der Waals surface area contributed by atoms with E-state index in [1.54, 1.807) is 7.11 Å². The molecule has 0 amide bonds. The molecule has 1 aromatic heterocycles. The average molecular weight is 232 g/mol. The summed E-state index contributed by atoms with van der Waals surface area (Å²) in [5.74, 6) is 0. The highest BCUT2D eigenvalue weighted by atomic mass is 16.5. The topological polar surface area (TPSA) is 40.2 Å². The van der Waals surface area contributed by atoms with Gasteiger partial charge in [0, 0.05) is 30.3 Å². The summed E-state index contributed by atoms with van der Waals surface area (Å²) in [6.45, 7) is 4.49. The zero-order valence-corrected chi connectivity index (χ0v) is 10.6. The number of hydrogen-bond acceptors (Lipinski definition) is 2. The molecule has 2 aromatic rings. The van der Waals surface area contributed by atoms with Gasteiger partial charge in [0.05, 0.1) is 6.61 Å². The van der Waals surface area contributed by atoms with Crippen LogP contribution < -0.4 is 5.73 Å². The van der Waals surface area contributed by atoms with Gasteiger partial charge in [-0.1, -0.05) is 18.2 Å². The number of aromatic nitrogens is 1. The summed E-state index contributed by atoms with van der Waals surface area (Å²) in [4.78, 5) is 0. The van der Waals surface area contributed by atoms with E-state index in [1.807, 2.05) is 0 Å². The zero-order valence-electron chi connectivity index (χ0n) is 10.6. The molecule has 17 heavy (non-hydrogen) atoms. The lowest BCUT2D eigenvalue weighted by Crippen LogP contribution is -2.07. The molecule has 0 atom stereocenters. The molecule has 0 aliphatic rings. The number of methoxy groups -OCH3 is 1. The Morgan fingerprint density at radius 1 is 1.29 bits per heavy atom. The van der Waals surface area contributed by atoms with E-state index in [9.17, 15) is 0 Å². The first-order chi connectivity index (χ1) is 8.29. The number of benzene rings is 1. The van der Waals surface area contributed by atoms with Crippen molar-refractivity contribution in [1.29, 1.82) is 0 Å². The third-order valence-electron chi connectivity index (χ3n) is 3.27. The third-order valence-corrected chi connectivity index (χ3v) is 3.27. The van der Waals surface area contributed by atoms with Crippen molar-refractivity contribution >= 4 is 10.9 Å². The summed E-state index contributed by atoms with van der Waals surface area (Å²) in [6, 6.07) is 8.51. The van der Waals surface area contributed by atoms with Crippen molar-refractivity contribution in [2.24, 2.45) is 5.73 Å². The molecule has 3 nitrogen and oxygen atoms in total. The van der Waals surface area contributed by atoms with Crippen molar-refractivity contribution in [2.45, 2.75) is 19.9 Å². The molecular formula is C14H20N2O. The predicted octanol–water partition coefficient (Wildman–Crippen LogP) is 2.10. The summed E-state index contributed by atoms with van der Waals surface area (Å²) >= 11 is 0. The number of nitrogens with zero attached hydrogens (tertiary/aromatic N) is 1. The molecule has 0 saturated heterocycles. The van der Waals surface area contributed by atoms with Gasteiger partial charge in [-0.25, -0.2) is 0 Å². The Kier molecular flexibility index (Phi) is 3.82. The summed E-state index contributed by atoms with van der Waals surface area (Å²) in [6.07, 6.45) is 0.937. The molecule has 1 aromatic carbocycles.